The van der Waals surface area contributed by atoms with Gasteiger partial charge in [-0.15, -0.1) is 0 Å². The van der Waals surface area contributed by atoms with E-state index >= 15 is 0 Å². The van der Waals surface area contributed by atoms with Gasteiger partial charge in [0.1, 0.15) is 0 Å². The van der Waals surface area contributed by atoms with Crippen molar-refractivity contribution >= 4 is 17.6 Å². The number of hydrogen-bond donors (Lipinski definition) is 0. The Labute approximate surface area is 128 Å². The van der Waals surface area contributed by atoms with Crippen LogP contribution in [0.3, 0.4) is 0 Å². The number of allylic oxidation sites excluding steroid dienone is 1. The second kappa shape index (κ2) is 7.21. The lowest BCUT2D eigenvalue weighted by Gasteiger charge is -2.16. The zero-order valence-corrected chi connectivity index (χ0v) is 13.5. The van der Waals surface area contributed by atoms with Crippen molar-refractivity contribution in [1.29, 1.82) is 0 Å². The number of aliphatic imine (C=N–C) groups is 2. The molecule has 0 fully saturated rings. The molecule has 0 radical (unpaired) electrons. The van der Waals surface area contributed by atoms with E-state index in [2.05, 4.69) is 68.2 Å². The van der Waals surface area contributed by atoms with Crippen molar-refractivity contribution < 1.29 is 0 Å². The SMILES string of the molecule is CC(C)C(=NCc1ccc(N(C)C)cc1)C1=CC=NCC1. The molecule has 0 aromatic heterocycles. The number of anilines is 1. The van der Waals surface area contributed by atoms with E-state index in [-0.39, 0.29) is 0 Å². The highest BCUT2D eigenvalue weighted by molar-refractivity contribution is 6.04. The second-order valence-electron chi connectivity index (χ2n) is 5.91. The van der Waals surface area contributed by atoms with E-state index in [0.717, 1.165) is 19.5 Å². The predicted octanol–water partition coefficient (Wildman–Crippen LogP) is 3.75. The number of hydrogen-bond acceptors (Lipinski definition) is 3. The van der Waals surface area contributed by atoms with E-state index in [0.29, 0.717) is 5.92 Å². The van der Waals surface area contributed by atoms with Gasteiger partial charge in [0.25, 0.3) is 0 Å². The summed E-state index contributed by atoms with van der Waals surface area (Å²) in [5, 5.41) is 0. The highest BCUT2D eigenvalue weighted by Crippen LogP contribution is 2.17. The summed E-state index contributed by atoms with van der Waals surface area (Å²) in [5.74, 6) is 0.448. The van der Waals surface area contributed by atoms with Crippen LogP contribution in [0.4, 0.5) is 5.69 Å². The molecule has 2 rings (SSSR count). The fourth-order valence-corrected chi connectivity index (χ4v) is 2.43. The van der Waals surface area contributed by atoms with Crippen molar-refractivity contribution in [3.05, 3.63) is 41.5 Å². The standard InChI is InChI=1S/C18H25N3/c1-14(2)18(16-9-11-19-12-10-16)20-13-15-5-7-17(8-6-15)21(3)4/h5-9,11,14H,10,12-13H2,1-4H3. The Morgan fingerprint density at radius 1 is 1.24 bits per heavy atom. The van der Waals surface area contributed by atoms with Crippen LogP contribution < -0.4 is 4.90 Å². The number of dihydropyridines is 1. The molecule has 0 aliphatic carbocycles. The third-order valence-electron chi connectivity index (χ3n) is 3.65. The van der Waals surface area contributed by atoms with Crippen LogP contribution >= 0.6 is 0 Å². The summed E-state index contributed by atoms with van der Waals surface area (Å²) in [6.07, 6.45) is 5.02. The van der Waals surface area contributed by atoms with Gasteiger partial charge in [-0.3, -0.25) is 9.98 Å². The summed E-state index contributed by atoms with van der Waals surface area (Å²) in [5.41, 5.74) is 5.03. The zero-order chi connectivity index (χ0) is 15.2. The molecule has 0 atom stereocenters. The van der Waals surface area contributed by atoms with Gasteiger partial charge in [0.2, 0.25) is 0 Å². The van der Waals surface area contributed by atoms with Crippen molar-refractivity contribution in [3.8, 4) is 0 Å². The van der Waals surface area contributed by atoms with Crippen molar-refractivity contribution in [2.45, 2.75) is 26.8 Å². The Morgan fingerprint density at radius 3 is 2.48 bits per heavy atom. The first-order valence-corrected chi connectivity index (χ1v) is 7.58. The summed E-state index contributed by atoms with van der Waals surface area (Å²) in [6, 6.07) is 8.61. The molecular weight excluding hydrogens is 258 g/mol. The fraction of sp³-hybridized carbons (Fsp3) is 0.444. The molecule has 0 bridgehead atoms. The van der Waals surface area contributed by atoms with Gasteiger partial charge in [-0.2, -0.15) is 0 Å². The summed E-state index contributed by atoms with van der Waals surface area (Å²) in [6.45, 7) is 6.05. The predicted molar refractivity (Wildman–Crippen MR) is 92.8 cm³/mol. The Bertz CT molecular complexity index is 548. The maximum atomic E-state index is 4.86. The van der Waals surface area contributed by atoms with Gasteiger partial charge in [-0.25, -0.2) is 0 Å². The van der Waals surface area contributed by atoms with E-state index in [1.54, 1.807) is 0 Å². The second-order valence-corrected chi connectivity index (χ2v) is 5.91. The highest BCUT2D eigenvalue weighted by Gasteiger charge is 2.12. The minimum Gasteiger partial charge on any atom is -0.378 e. The van der Waals surface area contributed by atoms with Crippen LogP contribution in [0.5, 0.6) is 0 Å². The lowest BCUT2D eigenvalue weighted by Crippen LogP contribution is -2.14. The van der Waals surface area contributed by atoms with Crippen LogP contribution in [0.25, 0.3) is 0 Å². The Hall–Kier alpha value is -1.90. The minimum absolute atomic E-state index is 0.448. The first-order valence-electron chi connectivity index (χ1n) is 7.58. The van der Waals surface area contributed by atoms with Crippen molar-refractivity contribution in [1.82, 2.24) is 0 Å². The third-order valence-corrected chi connectivity index (χ3v) is 3.65. The van der Waals surface area contributed by atoms with Crippen LogP contribution in [0.2, 0.25) is 0 Å². The molecule has 0 amide bonds. The molecular formula is C18H25N3. The molecule has 112 valence electrons. The zero-order valence-electron chi connectivity index (χ0n) is 13.5. The molecule has 0 spiro atoms. The number of nitrogens with zero attached hydrogens (tertiary/aromatic N) is 3. The molecule has 1 heterocycles. The normalized spacial score (nSPS) is 15.3. The number of rotatable bonds is 5. The summed E-state index contributed by atoms with van der Waals surface area (Å²) in [7, 11) is 4.11. The minimum atomic E-state index is 0.448. The van der Waals surface area contributed by atoms with E-state index < -0.39 is 0 Å². The number of benzene rings is 1. The Balaban J connectivity index is 2.12. The average molecular weight is 283 g/mol. The average Bonchev–Trinajstić information content (AvgIpc) is 2.48. The summed E-state index contributed by atoms with van der Waals surface area (Å²) in [4.78, 5) is 11.2. The smallest absolute Gasteiger partial charge is 0.0643 e. The van der Waals surface area contributed by atoms with Gasteiger partial charge in [0.15, 0.2) is 0 Å². The van der Waals surface area contributed by atoms with Gasteiger partial charge < -0.3 is 4.90 Å². The fourth-order valence-electron chi connectivity index (χ4n) is 2.43. The van der Waals surface area contributed by atoms with Crippen molar-refractivity contribution in [3.63, 3.8) is 0 Å². The van der Waals surface area contributed by atoms with Crippen LogP contribution in [0, 0.1) is 5.92 Å². The largest absolute Gasteiger partial charge is 0.378 e. The van der Waals surface area contributed by atoms with Gasteiger partial charge in [-0.1, -0.05) is 26.0 Å². The Morgan fingerprint density at radius 2 is 1.95 bits per heavy atom. The molecule has 3 nitrogen and oxygen atoms in total. The Kier molecular flexibility index (Phi) is 5.32. The van der Waals surface area contributed by atoms with Crippen LogP contribution in [-0.2, 0) is 6.54 Å². The topological polar surface area (TPSA) is 28.0 Å². The van der Waals surface area contributed by atoms with Crippen molar-refractivity contribution in [2.24, 2.45) is 15.9 Å². The molecule has 0 N–H and O–H groups in total. The maximum Gasteiger partial charge on any atom is 0.0643 e. The first-order chi connectivity index (χ1) is 10.1. The van der Waals surface area contributed by atoms with Gasteiger partial charge >= 0.3 is 0 Å². The van der Waals surface area contributed by atoms with E-state index in [9.17, 15) is 0 Å². The molecule has 1 aliphatic rings. The van der Waals surface area contributed by atoms with Crippen LogP contribution in [0.15, 0.2) is 45.9 Å². The lowest BCUT2D eigenvalue weighted by atomic mass is 9.96. The lowest BCUT2D eigenvalue weighted by molar-refractivity contribution is 0.846. The first kappa shape index (κ1) is 15.5. The van der Waals surface area contributed by atoms with Gasteiger partial charge in [0.05, 0.1) is 6.54 Å². The van der Waals surface area contributed by atoms with Crippen LogP contribution in [0.1, 0.15) is 25.8 Å². The summed E-state index contributed by atoms with van der Waals surface area (Å²) < 4.78 is 0. The monoisotopic (exact) mass is 283 g/mol. The molecule has 1 aromatic rings. The molecule has 1 aliphatic heterocycles. The highest BCUT2D eigenvalue weighted by atomic mass is 15.1. The van der Waals surface area contributed by atoms with Crippen LogP contribution in [-0.4, -0.2) is 32.6 Å². The maximum absolute atomic E-state index is 4.86. The van der Waals surface area contributed by atoms with Gasteiger partial charge in [0, 0.05) is 38.3 Å². The molecule has 0 unspecified atom stereocenters. The van der Waals surface area contributed by atoms with E-state index in [1.807, 2.05) is 6.21 Å². The van der Waals surface area contributed by atoms with Gasteiger partial charge in [-0.05, 0) is 41.7 Å². The molecule has 21 heavy (non-hydrogen) atoms. The molecule has 1 aromatic carbocycles. The molecule has 0 saturated heterocycles. The quantitative estimate of drug-likeness (QED) is 0.756. The van der Waals surface area contributed by atoms with E-state index in [1.165, 1.54) is 22.5 Å². The summed E-state index contributed by atoms with van der Waals surface area (Å²) >= 11 is 0. The molecule has 3 heteroatoms. The van der Waals surface area contributed by atoms with E-state index in [4.69, 9.17) is 4.99 Å². The molecule has 0 saturated carbocycles. The van der Waals surface area contributed by atoms with Crippen molar-refractivity contribution in [2.75, 3.05) is 25.5 Å². The third kappa shape index (κ3) is 4.28.